The second-order valence-corrected chi connectivity index (χ2v) is 9.75. The van der Waals surface area contributed by atoms with Crippen LogP contribution in [0.4, 0.5) is 10.7 Å². The predicted molar refractivity (Wildman–Crippen MR) is 133 cm³/mol. The first-order valence-electron chi connectivity index (χ1n) is 10.3. The first-order chi connectivity index (χ1) is 16.4. The minimum Gasteiger partial charge on any atom is -0.450 e. The molecule has 1 aromatic heterocycles. The molecule has 0 bridgehead atoms. The Labute approximate surface area is 202 Å². The number of aromatic nitrogens is 2. The molecular weight excluding hydrogens is 478 g/mol. The van der Waals surface area contributed by atoms with Crippen LogP contribution in [-0.2, 0) is 15.5 Å². The lowest BCUT2D eigenvalue weighted by Gasteiger charge is -2.37. The lowest BCUT2D eigenvalue weighted by atomic mass is 9.97. The number of fused-ring (bicyclic) bond motifs is 1. The van der Waals surface area contributed by atoms with Gasteiger partial charge in [0.1, 0.15) is 0 Å². The highest BCUT2D eigenvalue weighted by atomic mass is 32.2. The number of amides is 1. The average molecular weight is 504 g/mol. The van der Waals surface area contributed by atoms with E-state index in [1.807, 2.05) is 18.2 Å². The molecule has 1 unspecified atom stereocenters. The van der Waals surface area contributed by atoms with Crippen molar-refractivity contribution in [2.75, 3.05) is 25.4 Å². The number of imidazole rings is 1. The van der Waals surface area contributed by atoms with Crippen molar-refractivity contribution in [1.82, 2.24) is 20.4 Å². The van der Waals surface area contributed by atoms with Gasteiger partial charge in [0.05, 0.1) is 43.5 Å². The number of aromatic amines is 1. The first-order valence-corrected chi connectivity index (χ1v) is 12.4. The van der Waals surface area contributed by atoms with Crippen molar-refractivity contribution < 1.29 is 13.7 Å². The number of carbonyl (C=O) groups excluding carboxylic acids is 1. The molecule has 0 aliphatic carbocycles. The first kappa shape index (κ1) is 23.8. The smallest absolute Gasteiger partial charge is 0.409 e. The number of hydrogen-bond acceptors (Lipinski definition) is 10. The van der Waals surface area contributed by atoms with Crippen LogP contribution in [0.15, 0.2) is 45.2 Å². The lowest BCUT2D eigenvalue weighted by molar-refractivity contribution is 0.0869. The summed E-state index contributed by atoms with van der Waals surface area (Å²) in [6.45, 7) is 2.65. The van der Waals surface area contributed by atoms with Crippen LogP contribution in [-0.4, -0.2) is 56.0 Å². The number of ether oxygens (including phenoxy) is 1. The predicted octanol–water partition coefficient (Wildman–Crippen LogP) is 0.810. The number of hydrogen-bond donors (Lipinski definition) is 6. The molecule has 1 aliphatic heterocycles. The molecular formula is C20H25N9O3S2. The van der Waals surface area contributed by atoms with E-state index in [0.29, 0.717) is 39.5 Å². The second-order valence-electron chi connectivity index (χ2n) is 7.41. The quantitative estimate of drug-likeness (QED) is 0.0879. The summed E-state index contributed by atoms with van der Waals surface area (Å²) in [6, 6.07) is 9.12. The molecule has 1 fully saturated rings. The van der Waals surface area contributed by atoms with Gasteiger partial charge < -0.3 is 26.1 Å². The fourth-order valence-corrected chi connectivity index (χ4v) is 6.21. The van der Waals surface area contributed by atoms with Crippen LogP contribution in [0.3, 0.4) is 0 Å². The maximum Gasteiger partial charge on any atom is 0.409 e. The van der Waals surface area contributed by atoms with Gasteiger partial charge in [-0.25, -0.2) is 21.2 Å². The van der Waals surface area contributed by atoms with Gasteiger partial charge in [-0.3, -0.25) is 9.35 Å². The van der Waals surface area contributed by atoms with Crippen LogP contribution in [0.5, 0.6) is 0 Å². The Kier molecular flexibility index (Phi) is 6.92. The molecule has 0 saturated carbocycles. The van der Waals surface area contributed by atoms with E-state index in [2.05, 4.69) is 20.6 Å². The van der Waals surface area contributed by atoms with E-state index >= 15 is 0 Å². The lowest BCUT2D eigenvalue weighted by Crippen LogP contribution is -2.55. The van der Waals surface area contributed by atoms with Crippen molar-refractivity contribution in [3.63, 3.8) is 0 Å². The maximum absolute atomic E-state index is 13.4. The molecule has 180 valence electrons. The van der Waals surface area contributed by atoms with Crippen LogP contribution in [0.2, 0.25) is 0 Å². The summed E-state index contributed by atoms with van der Waals surface area (Å²) in [7, 11) is -1.47. The number of hydrazone groups is 1. The third-order valence-corrected chi connectivity index (χ3v) is 7.86. The number of likely N-dealkylation sites (tertiary alicyclic amines) is 1. The van der Waals surface area contributed by atoms with E-state index in [9.17, 15) is 9.00 Å². The number of nitrogens with two attached hydrogens (primary N) is 4. The Morgan fingerprint density at radius 3 is 2.79 bits per heavy atom. The zero-order valence-electron chi connectivity index (χ0n) is 18.3. The number of anilines is 1. The van der Waals surface area contributed by atoms with Crippen molar-refractivity contribution in [1.29, 1.82) is 0 Å². The molecule has 34 heavy (non-hydrogen) atoms. The van der Waals surface area contributed by atoms with Gasteiger partial charge in [-0.1, -0.05) is 18.2 Å². The monoisotopic (exact) mass is 503 g/mol. The topological polar surface area (TPSA) is 204 Å². The SMILES string of the molecule is CCOC(=O)N1CC(S(=O)c2ccc(-c3cccc4[nH]c(N)nc34)c(/C(N)=N/NN)c2SN)C1. The summed E-state index contributed by atoms with van der Waals surface area (Å²) in [5.74, 6) is 5.72. The van der Waals surface area contributed by atoms with Crippen LogP contribution in [0, 0.1) is 0 Å². The van der Waals surface area contributed by atoms with Crippen LogP contribution < -0.4 is 28.0 Å². The summed E-state index contributed by atoms with van der Waals surface area (Å²) in [5.41, 5.74) is 17.6. The number of nitrogens with one attached hydrogen (secondary N) is 2. The normalized spacial score (nSPS) is 15.3. The van der Waals surface area contributed by atoms with E-state index in [1.54, 1.807) is 19.1 Å². The van der Waals surface area contributed by atoms with Gasteiger partial charge in [0.25, 0.3) is 0 Å². The number of nitrogen functional groups attached to an aromatic ring is 1. The third-order valence-electron chi connectivity index (χ3n) is 5.40. The zero-order chi connectivity index (χ0) is 24.4. The summed E-state index contributed by atoms with van der Waals surface area (Å²) in [4.78, 5) is 21.8. The van der Waals surface area contributed by atoms with Crippen LogP contribution in [0.25, 0.3) is 22.2 Å². The Bertz CT molecular complexity index is 1290. The molecule has 4 rings (SSSR count). The number of nitrogens with zero attached hydrogens (tertiary/aromatic N) is 3. The summed E-state index contributed by atoms with van der Waals surface area (Å²) in [5, 5.41) is 9.73. The molecule has 2 aromatic carbocycles. The number of amidine groups is 1. The third kappa shape index (κ3) is 4.27. The fraction of sp³-hybridized carbons (Fsp3) is 0.250. The van der Waals surface area contributed by atoms with E-state index in [-0.39, 0.29) is 23.6 Å². The van der Waals surface area contributed by atoms with Crippen LogP contribution in [0.1, 0.15) is 12.5 Å². The maximum atomic E-state index is 13.4. The van der Waals surface area contributed by atoms with Crippen molar-refractivity contribution in [2.24, 2.45) is 21.8 Å². The van der Waals surface area contributed by atoms with Gasteiger partial charge in [-0.2, -0.15) is 0 Å². The molecule has 10 N–H and O–H groups in total. The summed E-state index contributed by atoms with van der Waals surface area (Å²) < 4.78 is 18.4. The number of H-pyrrole nitrogens is 1. The molecule has 1 atom stereocenters. The Hall–Kier alpha value is -3.33. The van der Waals surface area contributed by atoms with E-state index in [0.717, 1.165) is 23.0 Å². The Morgan fingerprint density at radius 2 is 2.12 bits per heavy atom. The largest absolute Gasteiger partial charge is 0.450 e. The standard InChI is InChI=1S/C20H25N9O3S2/c1-2-32-20(30)29-8-10(9-29)34(31)14-7-6-11(15(17(14)33-24)18(21)27-28-23)12-4-3-5-13-16(12)26-19(22)25-13/h3-7,10,28H,2,8-9,23-24H2,1H3,(H2,21,27)(H3,22,25,26). The molecule has 2 heterocycles. The minimum atomic E-state index is -1.47. The molecule has 1 saturated heterocycles. The van der Waals surface area contributed by atoms with Crippen molar-refractivity contribution in [3.05, 3.63) is 35.9 Å². The van der Waals surface area contributed by atoms with Gasteiger partial charge in [-0.15, -0.1) is 5.10 Å². The Morgan fingerprint density at radius 1 is 1.35 bits per heavy atom. The summed E-state index contributed by atoms with van der Waals surface area (Å²) >= 11 is 0.911. The van der Waals surface area contributed by atoms with E-state index in [1.165, 1.54) is 4.90 Å². The highest BCUT2D eigenvalue weighted by molar-refractivity contribution is 7.98. The van der Waals surface area contributed by atoms with Gasteiger partial charge in [0, 0.05) is 24.2 Å². The van der Waals surface area contributed by atoms with Gasteiger partial charge in [0.2, 0.25) is 0 Å². The average Bonchev–Trinajstić information content (AvgIpc) is 3.17. The molecule has 1 amide bonds. The number of rotatable bonds is 7. The molecule has 1 aliphatic rings. The number of hydrazine groups is 1. The van der Waals surface area contributed by atoms with Crippen LogP contribution >= 0.6 is 11.9 Å². The van der Waals surface area contributed by atoms with E-state index < -0.39 is 16.9 Å². The van der Waals surface area contributed by atoms with Crippen molar-refractivity contribution >= 4 is 51.7 Å². The number of carbonyl (C=O) groups is 1. The van der Waals surface area contributed by atoms with Crippen molar-refractivity contribution in [3.8, 4) is 11.1 Å². The number of benzene rings is 2. The molecule has 12 nitrogen and oxygen atoms in total. The fourth-order valence-electron chi connectivity index (χ4n) is 3.83. The molecule has 14 heteroatoms. The molecule has 0 spiro atoms. The Balaban J connectivity index is 1.79. The van der Waals surface area contributed by atoms with E-state index in [4.69, 9.17) is 27.2 Å². The second kappa shape index (κ2) is 9.89. The number of para-hydroxylation sites is 1. The van der Waals surface area contributed by atoms with Gasteiger partial charge in [0.15, 0.2) is 11.8 Å². The highest BCUT2D eigenvalue weighted by Crippen LogP contribution is 2.38. The highest BCUT2D eigenvalue weighted by Gasteiger charge is 2.37. The summed E-state index contributed by atoms with van der Waals surface area (Å²) in [6.07, 6.45) is -0.419. The van der Waals surface area contributed by atoms with Gasteiger partial charge in [-0.05, 0) is 36.6 Å². The molecule has 3 aromatic rings. The zero-order valence-corrected chi connectivity index (χ0v) is 19.9. The minimum absolute atomic E-state index is 0.0616. The van der Waals surface area contributed by atoms with Gasteiger partial charge >= 0.3 is 6.09 Å². The molecule has 0 radical (unpaired) electrons. The van der Waals surface area contributed by atoms with Crippen molar-refractivity contribution in [2.45, 2.75) is 22.0 Å².